The lowest BCUT2D eigenvalue weighted by atomic mass is 10.0. The average molecular weight is 199 g/mol. The number of carbonyl (C=O) groups excluding carboxylic acids is 2. The van der Waals surface area contributed by atoms with E-state index in [1.807, 2.05) is 0 Å². The van der Waals surface area contributed by atoms with Crippen LogP contribution in [0.3, 0.4) is 0 Å². The van der Waals surface area contributed by atoms with Crippen LogP contribution in [-0.4, -0.2) is 42.8 Å². The Hall–Kier alpha value is -1.16. The lowest BCUT2D eigenvalue weighted by Crippen LogP contribution is -2.37. The first-order chi connectivity index (χ1) is 6.69. The van der Waals surface area contributed by atoms with Gasteiger partial charge in [-0.1, -0.05) is 0 Å². The molecular formula is C9H13NO4. The zero-order valence-corrected chi connectivity index (χ0v) is 7.95. The summed E-state index contributed by atoms with van der Waals surface area (Å²) in [5.41, 5.74) is 0.487. The van der Waals surface area contributed by atoms with Crippen LogP contribution in [-0.2, 0) is 14.3 Å². The average Bonchev–Trinajstić information content (AvgIpc) is 2.65. The number of aliphatic hydroxyl groups is 1. The Morgan fingerprint density at radius 2 is 2.57 bits per heavy atom. The van der Waals surface area contributed by atoms with E-state index < -0.39 is 18.1 Å². The van der Waals surface area contributed by atoms with E-state index in [0.717, 1.165) is 0 Å². The molecule has 0 aromatic rings. The van der Waals surface area contributed by atoms with Gasteiger partial charge in [-0.05, 0) is 6.42 Å². The lowest BCUT2D eigenvalue weighted by Gasteiger charge is -2.16. The van der Waals surface area contributed by atoms with E-state index in [9.17, 15) is 14.7 Å². The van der Waals surface area contributed by atoms with Gasteiger partial charge in [-0.3, -0.25) is 4.79 Å². The van der Waals surface area contributed by atoms with E-state index in [1.165, 1.54) is 7.11 Å². The number of carbonyl (C=O) groups is 1. The predicted octanol–water partition coefficient (Wildman–Crippen LogP) is -0.970. The minimum absolute atomic E-state index is 0.112. The van der Waals surface area contributed by atoms with Gasteiger partial charge in [0.15, 0.2) is 0 Å². The molecule has 5 nitrogen and oxygen atoms in total. The summed E-state index contributed by atoms with van der Waals surface area (Å²) in [5, 5.41) is 12.5. The monoisotopic (exact) mass is 199 g/mol. The second kappa shape index (κ2) is 4.91. The molecule has 1 heterocycles. The van der Waals surface area contributed by atoms with Crippen LogP contribution in [0.4, 0.5) is 0 Å². The van der Waals surface area contributed by atoms with Crippen LogP contribution in [0.1, 0.15) is 12.8 Å². The van der Waals surface area contributed by atoms with E-state index in [4.69, 9.17) is 0 Å². The highest BCUT2D eigenvalue weighted by Crippen LogP contribution is 2.16. The fraction of sp³-hybridized carbons (Fsp3) is 0.667. The van der Waals surface area contributed by atoms with Crippen LogP contribution >= 0.6 is 0 Å². The third kappa shape index (κ3) is 2.42. The van der Waals surface area contributed by atoms with Crippen LogP contribution < -0.4 is 5.32 Å². The highest BCUT2D eigenvalue weighted by Gasteiger charge is 2.29. The van der Waals surface area contributed by atoms with Crippen molar-refractivity contribution in [3.8, 4) is 0 Å². The molecule has 0 spiro atoms. The van der Waals surface area contributed by atoms with E-state index in [-0.39, 0.29) is 6.42 Å². The maximum Gasteiger partial charge on any atom is 0.308 e. The standard InChI is InChI=1S/C9H13NO4/c1-14-8(13)4-7(12)9-6(5-11)2-3-10-9/h7,9-10,12H,2-4H2,1H3/t7-,9?/m1/s1. The smallest absolute Gasteiger partial charge is 0.308 e. The van der Waals surface area contributed by atoms with Crippen LogP contribution in [0, 0.1) is 0 Å². The predicted molar refractivity (Wildman–Crippen MR) is 48.3 cm³/mol. The van der Waals surface area contributed by atoms with Crippen molar-refractivity contribution in [3.63, 3.8) is 0 Å². The van der Waals surface area contributed by atoms with Crippen LogP contribution in [0.5, 0.6) is 0 Å². The van der Waals surface area contributed by atoms with Gasteiger partial charge >= 0.3 is 5.97 Å². The minimum atomic E-state index is -0.915. The fourth-order valence-electron chi connectivity index (χ4n) is 1.50. The molecule has 2 N–H and O–H groups in total. The maximum absolute atomic E-state index is 10.9. The number of ether oxygens (including phenoxy) is 1. The van der Waals surface area contributed by atoms with Crippen LogP contribution in [0.25, 0.3) is 0 Å². The minimum Gasteiger partial charge on any atom is -0.469 e. The molecule has 1 rings (SSSR count). The van der Waals surface area contributed by atoms with Crippen molar-refractivity contribution in [2.24, 2.45) is 0 Å². The Morgan fingerprint density at radius 3 is 3.14 bits per heavy atom. The zero-order chi connectivity index (χ0) is 10.6. The largest absolute Gasteiger partial charge is 0.469 e. The molecule has 0 aromatic carbocycles. The van der Waals surface area contributed by atoms with Gasteiger partial charge in [-0.15, -0.1) is 0 Å². The molecule has 14 heavy (non-hydrogen) atoms. The van der Waals surface area contributed by atoms with Gasteiger partial charge in [0.05, 0.1) is 25.7 Å². The van der Waals surface area contributed by atoms with Gasteiger partial charge in [-0.25, -0.2) is 4.79 Å². The first-order valence-corrected chi connectivity index (χ1v) is 4.41. The topological polar surface area (TPSA) is 75.6 Å². The first kappa shape index (κ1) is 10.9. The number of rotatable bonds is 3. The van der Waals surface area contributed by atoms with Gasteiger partial charge in [0, 0.05) is 12.1 Å². The Bertz CT molecular complexity index is 270. The first-order valence-electron chi connectivity index (χ1n) is 4.41. The van der Waals surface area contributed by atoms with Gasteiger partial charge in [0.1, 0.15) is 5.94 Å². The molecule has 0 bridgehead atoms. The van der Waals surface area contributed by atoms with E-state index >= 15 is 0 Å². The highest BCUT2D eigenvalue weighted by atomic mass is 16.5. The van der Waals surface area contributed by atoms with Gasteiger partial charge in [0.25, 0.3) is 0 Å². The van der Waals surface area contributed by atoms with Crippen LogP contribution in [0.2, 0.25) is 0 Å². The summed E-state index contributed by atoms with van der Waals surface area (Å²) in [6, 6.07) is -0.452. The Kier molecular flexibility index (Phi) is 3.83. The number of hydrogen-bond acceptors (Lipinski definition) is 5. The van der Waals surface area contributed by atoms with Crippen molar-refractivity contribution in [2.75, 3.05) is 13.7 Å². The summed E-state index contributed by atoms with van der Waals surface area (Å²) in [7, 11) is 1.26. The van der Waals surface area contributed by atoms with Crippen molar-refractivity contribution < 1.29 is 19.4 Å². The van der Waals surface area contributed by atoms with E-state index in [0.29, 0.717) is 18.5 Å². The summed E-state index contributed by atoms with van der Waals surface area (Å²) in [6.07, 6.45) is -0.451. The van der Waals surface area contributed by atoms with Gasteiger partial charge in [-0.2, -0.15) is 0 Å². The molecule has 1 saturated heterocycles. The summed E-state index contributed by atoms with van der Waals surface area (Å²) in [4.78, 5) is 21.3. The summed E-state index contributed by atoms with van der Waals surface area (Å²) >= 11 is 0. The normalized spacial score (nSPS) is 23.0. The number of esters is 1. The number of aliphatic hydroxyl groups excluding tert-OH is 1. The zero-order valence-electron chi connectivity index (χ0n) is 7.95. The molecule has 2 atom stereocenters. The third-order valence-electron chi connectivity index (χ3n) is 2.25. The SMILES string of the molecule is COC(=O)C[C@@H](O)C1NCCC1=C=O. The Labute approximate surface area is 81.7 Å². The van der Waals surface area contributed by atoms with E-state index in [1.54, 1.807) is 5.94 Å². The number of methoxy groups -OCH3 is 1. The second-order valence-corrected chi connectivity index (χ2v) is 3.16. The van der Waals surface area contributed by atoms with E-state index in [2.05, 4.69) is 10.1 Å². The summed E-state index contributed by atoms with van der Waals surface area (Å²) in [6.45, 7) is 0.632. The van der Waals surface area contributed by atoms with Gasteiger partial charge in [0.2, 0.25) is 0 Å². The summed E-state index contributed by atoms with van der Waals surface area (Å²) in [5.74, 6) is 1.29. The van der Waals surface area contributed by atoms with Crippen molar-refractivity contribution in [1.29, 1.82) is 0 Å². The van der Waals surface area contributed by atoms with Crippen molar-refractivity contribution in [3.05, 3.63) is 5.57 Å². The summed E-state index contributed by atoms with van der Waals surface area (Å²) < 4.78 is 4.41. The molecule has 1 fully saturated rings. The van der Waals surface area contributed by atoms with Gasteiger partial charge < -0.3 is 15.2 Å². The maximum atomic E-state index is 10.9. The quantitative estimate of drug-likeness (QED) is 0.452. The van der Waals surface area contributed by atoms with Crippen molar-refractivity contribution in [2.45, 2.75) is 25.0 Å². The molecule has 5 heteroatoms. The fourth-order valence-corrected chi connectivity index (χ4v) is 1.50. The molecule has 1 unspecified atom stereocenters. The second-order valence-electron chi connectivity index (χ2n) is 3.16. The van der Waals surface area contributed by atoms with Crippen molar-refractivity contribution in [1.82, 2.24) is 5.32 Å². The molecule has 0 radical (unpaired) electrons. The van der Waals surface area contributed by atoms with Crippen molar-refractivity contribution >= 4 is 11.9 Å². The molecule has 0 aromatic heterocycles. The highest BCUT2D eigenvalue weighted by molar-refractivity contribution is 5.70. The molecular weight excluding hydrogens is 186 g/mol. The number of hydrogen-bond donors (Lipinski definition) is 2. The molecule has 0 aliphatic carbocycles. The molecule has 1 aliphatic rings. The molecule has 0 amide bonds. The molecule has 0 saturated carbocycles. The Morgan fingerprint density at radius 1 is 1.86 bits per heavy atom. The van der Waals surface area contributed by atoms with Crippen LogP contribution in [0.15, 0.2) is 5.57 Å². The number of nitrogens with one attached hydrogen (secondary N) is 1. The lowest BCUT2D eigenvalue weighted by molar-refractivity contribution is -0.143. The Balaban J connectivity index is 2.56. The molecule has 1 aliphatic heterocycles. The molecule has 78 valence electrons. The third-order valence-corrected chi connectivity index (χ3v) is 2.25.